The quantitative estimate of drug-likeness (QED) is 0.796. The number of anilines is 1. The van der Waals surface area contributed by atoms with Crippen LogP contribution < -0.4 is 4.72 Å². The third-order valence-corrected chi connectivity index (χ3v) is 4.04. The number of rotatable bonds is 4. The molecule has 112 valence electrons. The molecule has 2 N–H and O–H groups in total. The fourth-order valence-corrected chi connectivity index (χ4v) is 3.08. The van der Waals surface area contributed by atoms with Crippen molar-refractivity contribution in [3.63, 3.8) is 0 Å². The Morgan fingerprint density at radius 3 is 2.67 bits per heavy atom. The van der Waals surface area contributed by atoms with Crippen molar-refractivity contribution in [2.24, 2.45) is 7.05 Å². The number of hydrogen-bond donors (Lipinski definition) is 2. The topological polar surface area (TPSA) is 127 Å². The maximum atomic E-state index is 14.0. The SMILES string of the molecule is Cn1nnc(NS(=O)(=O)c2cc(Br)cc(C(=O)O)c2F)n1. The number of halogens is 2. The van der Waals surface area contributed by atoms with Crippen molar-refractivity contribution >= 4 is 37.9 Å². The molecule has 0 aliphatic carbocycles. The largest absolute Gasteiger partial charge is 0.478 e. The number of sulfonamides is 1. The van der Waals surface area contributed by atoms with E-state index in [2.05, 4.69) is 31.3 Å². The standard InChI is InChI=1S/C9H7BrFN5O4S/c1-16-13-9(12-15-16)14-21(19,20)6-3-4(10)2-5(7(6)11)8(17)18/h2-3H,1H3,(H,13,14)(H,17,18). The van der Waals surface area contributed by atoms with E-state index in [1.807, 2.05) is 4.72 Å². The molecule has 0 bridgehead atoms. The van der Waals surface area contributed by atoms with Crippen LogP contribution in [0, 0.1) is 5.82 Å². The van der Waals surface area contributed by atoms with Gasteiger partial charge < -0.3 is 5.11 Å². The van der Waals surface area contributed by atoms with E-state index in [-0.39, 0.29) is 10.4 Å². The molecule has 0 saturated heterocycles. The van der Waals surface area contributed by atoms with Gasteiger partial charge in [-0.1, -0.05) is 21.0 Å². The lowest BCUT2D eigenvalue weighted by molar-refractivity contribution is 0.0691. The second-order valence-corrected chi connectivity index (χ2v) is 6.35. The van der Waals surface area contributed by atoms with Crippen molar-refractivity contribution in [2.45, 2.75) is 4.90 Å². The zero-order valence-corrected chi connectivity index (χ0v) is 12.7. The zero-order chi connectivity index (χ0) is 15.8. The molecule has 0 atom stereocenters. The second kappa shape index (κ2) is 5.37. The summed E-state index contributed by atoms with van der Waals surface area (Å²) in [5, 5.41) is 19.3. The molecule has 0 fully saturated rings. The van der Waals surface area contributed by atoms with Crippen molar-refractivity contribution in [3.05, 3.63) is 28.0 Å². The molecule has 0 unspecified atom stereocenters. The maximum absolute atomic E-state index is 14.0. The molecule has 0 saturated carbocycles. The van der Waals surface area contributed by atoms with Gasteiger partial charge in [-0.2, -0.15) is 4.80 Å². The summed E-state index contributed by atoms with van der Waals surface area (Å²) in [7, 11) is -3.00. The molecule has 0 radical (unpaired) electrons. The lowest BCUT2D eigenvalue weighted by Gasteiger charge is -2.08. The first-order valence-corrected chi connectivity index (χ1v) is 7.47. The van der Waals surface area contributed by atoms with Gasteiger partial charge in [0.2, 0.25) is 0 Å². The minimum absolute atomic E-state index is 0.0915. The van der Waals surface area contributed by atoms with Crippen molar-refractivity contribution in [1.82, 2.24) is 20.2 Å². The highest BCUT2D eigenvalue weighted by Gasteiger charge is 2.26. The van der Waals surface area contributed by atoms with Crippen LogP contribution in [0.25, 0.3) is 0 Å². The van der Waals surface area contributed by atoms with Gasteiger partial charge in [0.05, 0.1) is 12.6 Å². The molecule has 2 rings (SSSR count). The molecule has 2 aromatic rings. The smallest absolute Gasteiger partial charge is 0.338 e. The molecule has 1 heterocycles. The van der Waals surface area contributed by atoms with Gasteiger partial charge in [-0.15, -0.1) is 5.10 Å². The van der Waals surface area contributed by atoms with Gasteiger partial charge >= 0.3 is 5.97 Å². The number of nitrogens with zero attached hydrogens (tertiary/aromatic N) is 4. The molecule has 0 aliphatic rings. The Hall–Kier alpha value is -2.08. The van der Waals surface area contributed by atoms with Crippen LogP contribution in [0.1, 0.15) is 10.4 Å². The number of hydrogen-bond acceptors (Lipinski definition) is 6. The van der Waals surface area contributed by atoms with Crippen LogP contribution in [0.4, 0.5) is 10.3 Å². The number of carboxylic acids is 1. The second-order valence-electron chi connectivity index (χ2n) is 3.78. The van der Waals surface area contributed by atoms with E-state index in [0.29, 0.717) is 0 Å². The third kappa shape index (κ3) is 3.16. The van der Waals surface area contributed by atoms with Gasteiger partial charge in [0.15, 0.2) is 5.82 Å². The van der Waals surface area contributed by atoms with Crippen molar-refractivity contribution in [3.8, 4) is 0 Å². The average molecular weight is 380 g/mol. The van der Waals surface area contributed by atoms with Crippen LogP contribution in [-0.4, -0.2) is 39.7 Å². The van der Waals surface area contributed by atoms with E-state index >= 15 is 0 Å². The van der Waals surface area contributed by atoms with Crippen molar-refractivity contribution < 1.29 is 22.7 Å². The summed E-state index contributed by atoms with van der Waals surface area (Å²) in [6.45, 7) is 0. The van der Waals surface area contributed by atoms with Gasteiger partial charge in [0.1, 0.15) is 4.90 Å². The normalized spacial score (nSPS) is 11.4. The first-order valence-electron chi connectivity index (χ1n) is 5.20. The molecule has 1 aromatic carbocycles. The Morgan fingerprint density at radius 1 is 1.48 bits per heavy atom. The molecule has 12 heteroatoms. The van der Waals surface area contributed by atoms with Gasteiger partial charge in [0, 0.05) is 4.47 Å². The van der Waals surface area contributed by atoms with E-state index in [1.165, 1.54) is 7.05 Å². The minimum Gasteiger partial charge on any atom is -0.478 e. The Kier molecular flexibility index (Phi) is 3.91. The summed E-state index contributed by atoms with van der Waals surface area (Å²) < 4.78 is 40.2. The lowest BCUT2D eigenvalue weighted by atomic mass is 10.2. The molecule has 1 aromatic heterocycles. The molecule has 21 heavy (non-hydrogen) atoms. The Bertz CT molecular complexity index is 822. The summed E-state index contributed by atoms with van der Waals surface area (Å²) in [6, 6.07) is 1.89. The Morgan fingerprint density at radius 2 is 2.14 bits per heavy atom. The summed E-state index contributed by atoms with van der Waals surface area (Å²) in [5.41, 5.74) is -0.781. The third-order valence-electron chi connectivity index (χ3n) is 2.26. The van der Waals surface area contributed by atoms with Crippen LogP contribution >= 0.6 is 15.9 Å². The first kappa shape index (κ1) is 15.3. The zero-order valence-electron chi connectivity index (χ0n) is 10.3. The average Bonchev–Trinajstić information content (AvgIpc) is 2.76. The minimum atomic E-state index is -4.41. The number of benzene rings is 1. The number of nitrogens with one attached hydrogen (secondary N) is 1. The van der Waals surface area contributed by atoms with E-state index in [1.54, 1.807) is 0 Å². The summed E-state index contributed by atoms with van der Waals surface area (Å²) in [5.74, 6) is -3.35. The van der Waals surface area contributed by atoms with Gasteiger partial charge in [0.25, 0.3) is 16.0 Å². The monoisotopic (exact) mass is 379 g/mol. The summed E-state index contributed by atoms with van der Waals surface area (Å²) >= 11 is 2.93. The number of tetrazole rings is 1. The number of aromatic nitrogens is 4. The number of carboxylic acid groups (broad SMARTS) is 1. The van der Waals surface area contributed by atoms with E-state index in [9.17, 15) is 17.6 Å². The Labute approximate surface area is 126 Å². The molecule has 0 spiro atoms. The Balaban J connectivity index is 2.52. The maximum Gasteiger partial charge on any atom is 0.338 e. The predicted octanol–water partition coefficient (Wildman–Crippen LogP) is 0.611. The molecule has 0 amide bonds. The molecular formula is C9H7BrFN5O4S. The van der Waals surface area contributed by atoms with Crippen molar-refractivity contribution in [1.29, 1.82) is 0 Å². The predicted molar refractivity (Wildman–Crippen MR) is 70.7 cm³/mol. The van der Waals surface area contributed by atoms with Crippen LogP contribution in [-0.2, 0) is 17.1 Å². The number of aromatic carboxylic acids is 1. The van der Waals surface area contributed by atoms with Crippen LogP contribution in [0.15, 0.2) is 21.5 Å². The number of aryl methyl sites for hydroxylation is 1. The van der Waals surface area contributed by atoms with Gasteiger partial charge in [-0.25, -0.2) is 22.3 Å². The molecule has 0 aliphatic heterocycles. The summed E-state index contributed by atoms with van der Waals surface area (Å²) in [6.07, 6.45) is 0. The lowest BCUT2D eigenvalue weighted by Crippen LogP contribution is -2.17. The van der Waals surface area contributed by atoms with Crippen LogP contribution in [0.3, 0.4) is 0 Å². The van der Waals surface area contributed by atoms with E-state index in [0.717, 1.165) is 16.9 Å². The fourth-order valence-electron chi connectivity index (χ4n) is 1.42. The fraction of sp³-hybridized carbons (Fsp3) is 0.111. The highest BCUT2D eigenvalue weighted by atomic mass is 79.9. The van der Waals surface area contributed by atoms with Crippen molar-refractivity contribution in [2.75, 3.05) is 4.72 Å². The molecule has 9 nitrogen and oxygen atoms in total. The van der Waals surface area contributed by atoms with Gasteiger partial charge in [-0.3, -0.25) is 0 Å². The van der Waals surface area contributed by atoms with Crippen LogP contribution in [0.2, 0.25) is 0 Å². The van der Waals surface area contributed by atoms with Crippen LogP contribution in [0.5, 0.6) is 0 Å². The van der Waals surface area contributed by atoms with E-state index in [4.69, 9.17) is 5.11 Å². The summed E-state index contributed by atoms with van der Waals surface area (Å²) in [4.78, 5) is 11.1. The van der Waals surface area contributed by atoms with E-state index < -0.39 is 32.3 Å². The highest BCUT2D eigenvalue weighted by Crippen LogP contribution is 2.25. The van der Waals surface area contributed by atoms with Gasteiger partial charge in [-0.05, 0) is 17.3 Å². The highest BCUT2D eigenvalue weighted by molar-refractivity contribution is 9.10. The first-order chi connectivity index (χ1) is 9.70. The number of carbonyl (C=O) groups is 1. The molecular weight excluding hydrogens is 373 g/mol.